The predicted octanol–water partition coefficient (Wildman–Crippen LogP) is 2.32. The van der Waals surface area contributed by atoms with E-state index in [9.17, 15) is 24.3 Å². The Bertz CT molecular complexity index is 1150. The molecule has 3 amide bonds. The van der Waals surface area contributed by atoms with E-state index in [1.165, 1.54) is 0 Å². The Morgan fingerprint density at radius 2 is 1.40 bits per heavy atom. The number of hydrogen-bond acceptors (Lipinski definition) is 7. The summed E-state index contributed by atoms with van der Waals surface area (Å²) in [6.45, 7) is 0.437. The van der Waals surface area contributed by atoms with Gasteiger partial charge < -0.3 is 37.3 Å². The normalized spacial score (nSPS) is 18.8. The van der Waals surface area contributed by atoms with Crippen molar-refractivity contribution in [2.45, 2.75) is 88.1 Å². The maximum Gasteiger partial charge on any atom is 0.326 e. The van der Waals surface area contributed by atoms with Crippen LogP contribution >= 0.6 is 12.4 Å². The SMILES string of the molecule is Cl.NCCCC[C@H](NC(=O)C1OC1C(=O)N[C@@H](Cc1ccccc1)C(=O)NC1CCCCC1)C(=O)O.Nc1ccccc1. The molecule has 2 aromatic carbocycles. The molecule has 0 aromatic heterocycles. The Morgan fingerprint density at radius 1 is 0.837 bits per heavy atom. The van der Waals surface area contributed by atoms with Gasteiger partial charge in [-0.2, -0.15) is 0 Å². The monoisotopic (exact) mass is 617 g/mol. The van der Waals surface area contributed by atoms with Crippen LogP contribution in [-0.4, -0.2) is 65.7 Å². The summed E-state index contributed by atoms with van der Waals surface area (Å²) in [6.07, 6.45) is 4.74. The van der Waals surface area contributed by atoms with E-state index in [0.717, 1.165) is 43.4 Å². The molecule has 4 atom stereocenters. The number of hydrogen-bond donors (Lipinski definition) is 6. The van der Waals surface area contributed by atoms with Crippen LogP contribution in [0, 0.1) is 0 Å². The number of nitrogens with one attached hydrogen (secondary N) is 3. The van der Waals surface area contributed by atoms with Crippen LogP contribution in [0.15, 0.2) is 60.7 Å². The van der Waals surface area contributed by atoms with Crippen LogP contribution < -0.4 is 27.4 Å². The predicted molar refractivity (Wildman–Crippen MR) is 166 cm³/mol. The minimum absolute atomic E-state index is 0. The second-order valence-electron chi connectivity index (χ2n) is 10.7. The van der Waals surface area contributed by atoms with Crippen molar-refractivity contribution in [3.63, 3.8) is 0 Å². The number of unbranched alkanes of at least 4 members (excludes halogenated alkanes) is 1. The third-order valence-corrected chi connectivity index (χ3v) is 7.24. The number of benzene rings is 2. The number of carboxylic acids is 1. The molecule has 2 aromatic rings. The maximum absolute atomic E-state index is 13.0. The fraction of sp³-hybridized carbons (Fsp3) is 0.484. The molecule has 43 heavy (non-hydrogen) atoms. The van der Waals surface area contributed by atoms with Crippen LogP contribution in [0.5, 0.6) is 0 Å². The van der Waals surface area contributed by atoms with Crippen molar-refractivity contribution in [1.82, 2.24) is 16.0 Å². The van der Waals surface area contributed by atoms with Gasteiger partial charge in [0.15, 0.2) is 12.2 Å². The van der Waals surface area contributed by atoms with Gasteiger partial charge in [0.1, 0.15) is 12.1 Å². The van der Waals surface area contributed by atoms with Gasteiger partial charge in [-0.3, -0.25) is 14.4 Å². The zero-order chi connectivity index (χ0) is 30.3. The van der Waals surface area contributed by atoms with E-state index in [-0.39, 0.29) is 30.8 Å². The molecule has 0 bridgehead atoms. The number of epoxide rings is 1. The number of nitrogen functional groups attached to an aromatic ring is 1. The van der Waals surface area contributed by atoms with Gasteiger partial charge in [-0.1, -0.05) is 67.8 Å². The van der Waals surface area contributed by atoms with Gasteiger partial charge in [0.2, 0.25) is 5.91 Å². The first-order valence-corrected chi connectivity index (χ1v) is 14.6. The van der Waals surface area contributed by atoms with Crippen molar-refractivity contribution < 1.29 is 29.0 Å². The second-order valence-corrected chi connectivity index (χ2v) is 10.7. The summed E-state index contributed by atoms with van der Waals surface area (Å²) in [4.78, 5) is 49.7. The molecule has 0 spiro atoms. The standard InChI is InChI=1S/C25H36N4O6.C6H7N.ClH/c26-14-8-7-13-18(25(33)34)28-23(31)20-21(35-20)24(32)29-19(15-16-9-3-1-4-10-16)22(30)27-17-11-5-2-6-12-17;7-6-4-2-1-3-5-6;/h1,3-4,9-10,17-21H,2,5-8,11-15,26H2,(H,27,30)(H,28,31)(H,29,32)(H,33,34);1-5H,7H2;1H/t18-,19-,20?,21?;;/m0../s1. The van der Waals surface area contributed by atoms with Gasteiger partial charge in [-0.25, -0.2) is 4.79 Å². The van der Waals surface area contributed by atoms with E-state index >= 15 is 0 Å². The van der Waals surface area contributed by atoms with Gasteiger partial charge >= 0.3 is 5.97 Å². The number of halogens is 1. The lowest BCUT2D eigenvalue weighted by atomic mass is 9.95. The Labute approximate surface area is 258 Å². The molecule has 11 nitrogen and oxygen atoms in total. The topological polar surface area (TPSA) is 189 Å². The summed E-state index contributed by atoms with van der Waals surface area (Å²) in [6, 6.07) is 17.1. The second kappa shape index (κ2) is 18.8. The fourth-order valence-corrected chi connectivity index (χ4v) is 4.83. The number of rotatable bonds is 13. The van der Waals surface area contributed by atoms with Crippen molar-refractivity contribution in [2.24, 2.45) is 5.73 Å². The summed E-state index contributed by atoms with van der Waals surface area (Å²) in [5.41, 5.74) is 12.5. The van der Waals surface area contributed by atoms with Crippen LogP contribution in [-0.2, 0) is 30.3 Å². The molecule has 1 saturated carbocycles. The van der Waals surface area contributed by atoms with Gasteiger partial charge in [-0.05, 0) is 56.3 Å². The number of aliphatic carboxylic acids is 1. The molecular weight excluding hydrogens is 574 g/mol. The molecule has 1 heterocycles. The van der Waals surface area contributed by atoms with Crippen LogP contribution in [0.3, 0.4) is 0 Å². The summed E-state index contributed by atoms with van der Waals surface area (Å²) in [7, 11) is 0. The van der Waals surface area contributed by atoms with Crippen molar-refractivity contribution in [3.05, 3.63) is 66.2 Å². The average molecular weight is 618 g/mol. The number of carbonyl (C=O) groups is 4. The molecule has 12 heteroatoms. The van der Waals surface area contributed by atoms with Gasteiger partial charge in [0, 0.05) is 18.2 Å². The number of anilines is 1. The Kier molecular flexibility index (Phi) is 15.5. The summed E-state index contributed by atoms with van der Waals surface area (Å²) in [5.74, 6) is -2.64. The molecule has 8 N–H and O–H groups in total. The Hall–Kier alpha value is -3.67. The molecule has 4 rings (SSSR count). The number of amides is 3. The largest absolute Gasteiger partial charge is 0.480 e. The van der Waals surface area contributed by atoms with E-state index in [0.29, 0.717) is 25.8 Å². The van der Waals surface area contributed by atoms with Gasteiger partial charge in [0.05, 0.1) is 0 Å². The van der Waals surface area contributed by atoms with Crippen LogP contribution in [0.25, 0.3) is 0 Å². The van der Waals surface area contributed by atoms with Crippen molar-refractivity contribution in [1.29, 1.82) is 0 Å². The lowest BCUT2D eigenvalue weighted by molar-refractivity contribution is -0.142. The molecule has 0 radical (unpaired) electrons. The third kappa shape index (κ3) is 12.6. The smallest absolute Gasteiger partial charge is 0.326 e. The summed E-state index contributed by atoms with van der Waals surface area (Å²) >= 11 is 0. The summed E-state index contributed by atoms with van der Waals surface area (Å²) in [5, 5.41) is 17.6. The highest BCUT2D eigenvalue weighted by molar-refractivity contribution is 5.98. The molecule has 1 aliphatic heterocycles. The molecule has 2 unspecified atom stereocenters. The van der Waals surface area contributed by atoms with E-state index in [2.05, 4.69) is 16.0 Å². The third-order valence-electron chi connectivity index (χ3n) is 7.24. The van der Waals surface area contributed by atoms with Crippen molar-refractivity contribution in [2.75, 3.05) is 12.3 Å². The molecule has 1 aliphatic carbocycles. The minimum atomic E-state index is -1.15. The number of carbonyl (C=O) groups excluding carboxylic acids is 3. The number of para-hydroxylation sites is 1. The molecule has 236 valence electrons. The highest BCUT2D eigenvalue weighted by atomic mass is 35.5. The Morgan fingerprint density at radius 3 is 1.91 bits per heavy atom. The van der Waals surface area contributed by atoms with Crippen LogP contribution in [0.4, 0.5) is 5.69 Å². The average Bonchev–Trinajstić information content (AvgIpc) is 3.80. The molecular formula is C31H44ClN5O6. The fourth-order valence-electron chi connectivity index (χ4n) is 4.83. The number of nitrogens with two attached hydrogens (primary N) is 2. The highest BCUT2D eigenvalue weighted by Gasteiger charge is 2.51. The minimum Gasteiger partial charge on any atom is -0.480 e. The van der Waals surface area contributed by atoms with Crippen molar-refractivity contribution in [3.8, 4) is 0 Å². The zero-order valence-corrected chi connectivity index (χ0v) is 25.1. The lowest BCUT2D eigenvalue weighted by Gasteiger charge is -2.26. The molecule has 1 saturated heterocycles. The highest BCUT2D eigenvalue weighted by Crippen LogP contribution is 2.23. The van der Waals surface area contributed by atoms with E-state index < -0.39 is 42.1 Å². The molecule has 2 aliphatic rings. The van der Waals surface area contributed by atoms with E-state index in [1.807, 2.05) is 60.7 Å². The zero-order valence-electron chi connectivity index (χ0n) is 24.3. The number of ether oxygens (including phenoxy) is 1. The van der Waals surface area contributed by atoms with Crippen LogP contribution in [0.2, 0.25) is 0 Å². The Balaban J connectivity index is 0.000000707. The van der Waals surface area contributed by atoms with Gasteiger partial charge in [0.25, 0.3) is 11.8 Å². The van der Waals surface area contributed by atoms with E-state index in [1.54, 1.807) is 0 Å². The first-order chi connectivity index (χ1) is 20.3. The first-order valence-electron chi connectivity index (χ1n) is 14.6. The first kappa shape index (κ1) is 35.5. The van der Waals surface area contributed by atoms with Crippen LogP contribution in [0.1, 0.15) is 56.9 Å². The van der Waals surface area contributed by atoms with E-state index in [4.69, 9.17) is 16.2 Å². The van der Waals surface area contributed by atoms with Gasteiger partial charge in [-0.15, -0.1) is 12.4 Å². The van der Waals surface area contributed by atoms with Crippen molar-refractivity contribution >= 4 is 41.8 Å². The maximum atomic E-state index is 13.0. The summed E-state index contributed by atoms with van der Waals surface area (Å²) < 4.78 is 5.26. The molecule has 2 fully saturated rings. The quantitative estimate of drug-likeness (QED) is 0.112. The lowest BCUT2D eigenvalue weighted by Crippen LogP contribution is -2.52. The number of carboxylic acid groups (broad SMARTS) is 1.